The lowest BCUT2D eigenvalue weighted by Crippen LogP contribution is -2.50. The molecule has 0 aromatic carbocycles. The number of rotatable bonds is 2. The maximum absolute atomic E-state index is 13.1. The van der Waals surface area contributed by atoms with Crippen molar-refractivity contribution in [3.8, 4) is 0 Å². The van der Waals surface area contributed by atoms with Crippen molar-refractivity contribution in [3.63, 3.8) is 0 Å². The summed E-state index contributed by atoms with van der Waals surface area (Å²) in [7, 11) is 1.42. The molecule has 21 heavy (non-hydrogen) atoms. The molecule has 3 rings (SSSR count). The van der Waals surface area contributed by atoms with E-state index in [2.05, 4.69) is 10.4 Å². The Morgan fingerprint density at radius 1 is 1.43 bits per heavy atom. The molecule has 0 unspecified atom stereocenters. The van der Waals surface area contributed by atoms with Crippen molar-refractivity contribution < 1.29 is 17.9 Å². The van der Waals surface area contributed by atoms with Crippen LogP contribution in [0.3, 0.4) is 0 Å². The number of hydrogen-bond donors (Lipinski definition) is 1. The summed E-state index contributed by atoms with van der Waals surface area (Å²) in [5, 5.41) is 6.76. The lowest BCUT2D eigenvalue weighted by atomic mass is 10.1. The minimum atomic E-state index is -4.50. The van der Waals surface area contributed by atoms with E-state index in [4.69, 9.17) is 16.3 Å². The van der Waals surface area contributed by atoms with Crippen LogP contribution in [0.2, 0.25) is 5.15 Å². The normalized spacial score (nSPS) is 27.1. The topological polar surface area (TPSA) is 42.3 Å². The number of fused-ring (bicyclic) bond motifs is 1. The van der Waals surface area contributed by atoms with E-state index in [1.54, 1.807) is 0 Å². The van der Waals surface area contributed by atoms with Gasteiger partial charge in [0.2, 0.25) is 0 Å². The SMILES string of the molecule is Cn1nc(C(F)(F)F)c(CN2CCO[C@H]3CNC[C@H]32)c1Cl. The highest BCUT2D eigenvalue weighted by molar-refractivity contribution is 6.30. The Labute approximate surface area is 125 Å². The van der Waals surface area contributed by atoms with Gasteiger partial charge in [-0.15, -0.1) is 0 Å². The molecule has 9 heteroatoms. The smallest absolute Gasteiger partial charge is 0.374 e. The third-order valence-electron chi connectivity index (χ3n) is 4.01. The van der Waals surface area contributed by atoms with Crippen LogP contribution < -0.4 is 5.32 Å². The van der Waals surface area contributed by atoms with Gasteiger partial charge in [0.05, 0.1) is 12.7 Å². The summed E-state index contributed by atoms with van der Waals surface area (Å²) in [5.41, 5.74) is -0.858. The minimum absolute atomic E-state index is 0.0310. The predicted octanol–water partition coefficient (Wildman–Crippen LogP) is 1.26. The first-order valence-electron chi connectivity index (χ1n) is 6.73. The van der Waals surface area contributed by atoms with Gasteiger partial charge >= 0.3 is 6.18 Å². The second kappa shape index (κ2) is 5.42. The highest BCUT2D eigenvalue weighted by Crippen LogP contribution is 2.35. The van der Waals surface area contributed by atoms with Crippen LogP contribution >= 0.6 is 11.6 Å². The zero-order valence-electron chi connectivity index (χ0n) is 11.5. The lowest BCUT2D eigenvalue weighted by molar-refractivity contribution is -0.142. The quantitative estimate of drug-likeness (QED) is 0.889. The van der Waals surface area contributed by atoms with Crippen LogP contribution in [0.5, 0.6) is 0 Å². The van der Waals surface area contributed by atoms with E-state index in [0.29, 0.717) is 19.7 Å². The molecule has 1 N–H and O–H groups in total. The van der Waals surface area contributed by atoms with Crippen molar-refractivity contribution in [1.82, 2.24) is 20.0 Å². The van der Waals surface area contributed by atoms with Gasteiger partial charge in [0.15, 0.2) is 5.69 Å². The summed E-state index contributed by atoms with van der Waals surface area (Å²) in [5.74, 6) is 0. The molecule has 118 valence electrons. The number of hydrogen-bond acceptors (Lipinski definition) is 4. The van der Waals surface area contributed by atoms with Gasteiger partial charge in [-0.3, -0.25) is 9.58 Å². The summed E-state index contributed by atoms with van der Waals surface area (Å²) in [6.45, 7) is 2.68. The van der Waals surface area contributed by atoms with E-state index in [9.17, 15) is 13.2 Å². The summed E-state index contributed by atoms with van der Waals surface area (Å²) in [6.07, 6.45) is -4.47. The Morgan fingerprint density at radius 3 is 2.90 bits per heavy atom. The number of aromatic nitrogens is 2. The molecule has 0 aliphatic carbocycles. The number of halogens is 4. The number of morpholine rings is 1. The third kappa shape index (κ3) is 2.77. The number of nitrogens with one attached hydrogen (secondary N) is 1. The second-order valence-corrected chi connectivity index (χ2v) is 5.70. The number of alkyl halides is 3. The van der Waals surface area contributed by atoms with Gasteiger partial charge in [-0.25, -0.2) is 0 Å². The molecular formula is C12H16ClF3N4O. The maximum Gasteiger partial charge on any atom is 0.435 e. The van der Waals surface area contributed by atoms with E-state index in [1.807, 2.05) is 4.90 Å². The molecule has 2 aliphatic heterocycles. The van der Waals surface area contributed by atoms with Gasteiger partial charge in [-0.1, -0.05) is 11.6 Å². The highest BCUT2D eigenvalue weighted by Gasteiger charge is 2.41. The van der Waals surface area contributed by atoms with Crippen molar-refractivity contribution >= 4 is 11.6 Å². The van der Waals surface area contributed by atoms with E-state index < -0.39 is 11.9 Å². The summed E-state index contributed by atoms with van der Waals surface area (Å²) in [6, 6.07) is 0.0797. The molecule has 5 nitrogen and oxygen atoms in total. The summed E-state index contributed by atoms with van der Waals surface area (Å²) < 4.78 is 45.9. The first-order valence-corrected chi connectivity index (χ1v) is 7.10. The van der Waals surface area contributed by atoms with E-state index >= 15 is 0 Å². The Bertz CT molecular complexity index is 533. The highest BCUT2D eigenvalue weighted by atomic mass is 35.5. The van der Waals surface area contributed by atoms with Crippen LogP contribution in [-0.4, -0.2) is 53.1 Å². The van der Waals surface area contributed by atoms with E-state index in [0.717, 1.165) is 11.2 Å². The van der Waals surface area contributed by atoms with Crippen molar-refractivity contribution in [2.45, 2.75) is 24.9 Å². The van der Waals surface area contributed by atoms with Gasteiger partial charge in [-0.05, 0) is 0 Å². The van der Waals surface area contributed by atoms with Crippen LogP contribution in [0.15, 0.2) is 0 Å². The number of aryl methyl sites for hydroxylation is 1. The molecule has 1 aromatic rings. The van der Waals surface area contributed by atoms with Gasteiger partial charge in [0.25, 0.3) is 0 Å². The fourth-order valence-electron chi connectivity index (χ4n) is 2.98. The molecule has 2 atom stereocenters. The number of nitrogens with zero attached hydrogens (tertiary/aromatic N) is 3. The van der Waals surface area contributed by atoms with Gasteiger partial charge in [-0.2, -0.15) is 18.3 Å². The molecule has 2 aliphatic rings. The van der Waals surface area contributed by atoms with Gasteiger partial charge < -0.3 is 10.1 Å². The molecule has 0 bridgehead atoms. The molecule has 2 fully saturated rings. The average molecular weight is 325 g/mol. The van der Waals surface area contributed by atoms with Gasteiger partial charge in [0.1, 0.15) is 5.15 Å². The molecule has 0 saturated carbocycles. The molecule has 0 spiro atoms. The average Bonchev–Trinajstić information content (AvgIpc) is 2.98. The zero-order valence-corrected chi connectivity index (χ0v) is 12.2. The second-order valence-electron chi connectivity index (χ2n) is 5.34. The summed E-state index contributed by atoms with van der Waals surface area (Å²) >= 11 is 6.01. The van der Waals surface area contributed by atoms with Gasteiger partial charge in [0, 0.05) is 44.8 Å². The van der Waals surface area contributed by atoms with E-state index in [1.165, 1.54) is 7.05 Å². The molecule has 3 heterocycles. The van der Waals surface area contributed by atoms with Crippen molar-refractivity contribution in [1.29, 1.82) is 0 Å². The Kier molecular flexibility index (Phi) is 3.89. The fourth-order valence-corrected chi connectivity index (χ4v) is 3.16. The van der Waals surface area contributed by atoms with Crippen LogP contribution in [-0.2, 0) is 24.5 Å². The molecule has 2 saturated heterocycles. The first-order chi connectivity index (χ1) is 9.88. The Hall–Kier alpha value is -0.830. The Balaban J connectivity index is 1.87. The Morgan fingerprint density at radius 2 is 2.19 bits per heavy atom. The molecular weight excluding hydrogens is 309 g/mol. The maximum atomic E-state index is 13.1. The molecule has 1 aromatic heterocycles. The first kappa shape index (κ1) is 15.1. The monoisotopic (exact) mass is 324 g/mol. The minimum Gasteiger partial charge on any atom is -0.374 e. The fraction of sp³-hybridized carbons (Fsp3) is 0.750. The lowest BCUT2D eigenvalue weighted by Gasteiger charge is -2.36. The molecule has 0 radical (unpaired) electrons. The standard InChI is InChI=1S/C12H16ClF3N4O/c1-19-11(13)7(10(18-19)12(14,15)16)6-20-2-3-21-9-5-17-4-8(9)20/h8-9,17H,2-6H2,1H3/t8-,9+/m1/s1. The molecule has 0 amide bonds. The van der Waals surface area contributed by atoms with Crippen LogP contribution in [0.1, 0.15) is 11.3 Å². The van der Waals surface area contributed by atoms with Crippen LogP contribution in [0.25, 0.3) is 0 Å². The van der Waals surface area contributed by atoms with Crippen LogP contribution in [0.4, 0.5) is 13.2 Å². The predicted molar refractivity (Wildman–Crippen MR) is 70.0 cm³/mol. The van der Waals surface area contributed by atoms with Crippen molar-refractivity contribution in [3.05, 3.63) is 16.4 Å². The summed E-state index contributed by atoms with van der Waals surface area (Å²) in [4.78, 5) is 1.99. The van der Waals surface area contributed by atoms with Crippen molar-refractivity contribution in [2.24, 2.45) is 7.05 Å². The third-order valence-corrected chi connectivity index (χ3v) is 4.48. The van der Waals surface area contributed by atoms with Crippen LogP contribution in [0, 0.1) is 0 Å². The van der Waals surface area contributed by atoms with E-state index in [-0.39, 0.29) is 29.4 Å². The largest absolute Gasteiger partial charge is 0.435 e. The zero-order chi connectivity index (χ0) is 15.2. The van der Waals surface area contributed by atoms with Crippen molar-refractivity contribution in [2.75, 3.05) is 26.2 Å². The number of ether oxygens (including phenoxy) is 1.